The third-order valence-electron chi connectivity index (χ3n) is 4.09. The van der Waals surface area contributed by atoms with Crippen LogP contribution in [0.2, 0.25) is 0 Å². The Bertz CT molecular complexity index is 1080. The summed E-state index contributed by atoms with van der Waals surface area (Å²) >= 11 is 0. The number of rotatable bonds is 5. The van der Waals surface area contributed by atoms with Gasteiger partial charge in [0, 0.05) is 0 Å². The lowest BCUT2D eigenvalue weighted by molar-refractivity contribution is 0.429. The topological polar surface area (TPSA) is 87.4 Å². The smallest absolute Gasteiger partial charge is 0.335 e. The van der Waals surface area contributed by atoms with E-state index in [1.807, 2.05) is 0 Å². The number of para-hydroxylation sites is 1. The molecule has 0 bridgehead atoms. The van der Waals surface area contributed by atoms with Gasteiger partial charge in [0.25, 0.3) is 5.56 Å². The van der Waals surface area contributed by atoms with Crippen LogP contribution in [0.25, 0.3) is 5.69 Å². The van der Waals surface area contributed by atoms with Crippen LogP contribution in [-0.4, -0.2) is 20.4 Å². The molecule has 0 amide bonds. The van der Waals surface area contributed by atoms with Crippen molar-refractivity contribution in [2.24, 2.45) is 4.99 Å². The van der Waals surface area contributed by atoms with E-state index in [1.165, 1.54) is 12.1 Å². The van der Waals surface area contributed by atoms with Crippen molar-refractivity contribution >= 4 is 5.71 Å². The minimum atomic E-state index is -0.735. The van der Waals surface area contributed by atoms with Gasteiger partial charge in [0.2, 0.25) is 5.88 Å². The fraction of sp³-hybridized carbons (Fsp3) is 0.150. The molecule has 0 spiro atoms. The first kappa shape index (κ1) is 18.3. The summed E-state index contributed by atoms with van der Waals surface area (Å²) < 4.78 is 14.0. The zero-order valence-electron chi connectivity index (χ0n) is 14.6. The van der Waals surface area contributed by atoms with E-state index in [4.69, 9.17) is 0 Å². The molecule has 0 radical (unpaired) electrons. The Morgan fingerprint density at radius 2 is 1.78 bits per heavy atom. The molecule has 0 unspecified atom stereocenters. The molecular weight excluding hydrogens is 349 g/mol. The van der Waals surface area contributed by atoms with Gasteiger partial charge in [-0.25, -0.2) is 13.8 Å². The molecule has 0 aliphatic heterocycles. The zero-order valence-corrected chi connectivity index (χ0v) is 14.6. The first-order valence-corrected chi connectivity index (χ1v) is 8.43. The highest BCUT2D eigenvalue weighted by Crippen LogP contribution is 2.18. The molecule has 1 heterocycles. The van der Waals surface area contributed by atoms with Crippen molar-refractivity contribution in [3.8, 4) is 11.6 Å². The average molecular weight is 367 g/mol. The first-order chi connectivity index (χ1) is 13.0. The second kappa shape index (κ2) is 7.82. The van der Waals surface area contributed by atoms with E-state index in [9.17, 15) is 19.1 Å². The van der Waals surface area contributed by atoms with Crippen molar-refractivity contribution in [3.05, 3.63) is 92.4 Å². The Hall–Kier alpha value is -3.48. The zero-order chi connectivity index (χ0) is 19.4. The number of nitrogens with one attached hydrogen (secondary N) is 1. The number of halogens is 1. The lowest BCUT2D eigenvalue weighted by Crippen LogP contribution is -2.33. The monoisotopic (exact) mass is 367 g/mol. The molecule has 138 valence electrons. The van der Waals surface area contributed by atoms with Gasteiger partial charge < -0.3 is 5.11 Å². The molecule has 27 heavy (non-hydrogen) atoms. The predicted molar refractivity (Wildman–Crippen MR) is 101 cm³/mol. The highest BCUT2D eigenvalue weighted by molar-refractivity contribution is 6.02. The molecule has 0 saturated heterocycles. The number of hydrogen-bond donors (Lipinski definition) is 2. The summed E-state index contributed by atoms with van der Waals surface area (Å²) in [6, 6.07) is 14.4. The molecule has 7 heteroatoms. The second-order valence-corrected chi connectivity index (χ2v) is 5.87. The molecule has 6 nitrogen and oxygen atoms in total. The molecule has 0 fully saturated rings. The largest absolute Gasteiger partial charge is 0.493 e. The van der Waals surface area contributed by atoms with Crippen LogP contribution in [0, 0.1) is 5.82 Å². The first-order valence-electron chi connectivity index (χ1n) is 8.43. The third kappa shape index (κ3) is 3.87. The number of benzene rings is 2. The predicted octanol–water partition coefficient (Wildman–Crippen LogP) is 2.77. The van der Waals surface area contributed by atoms with Crippen molar-refractivity contribution in [1.29, 1.82) is 0 Å². The van der Waals surface area contributed by atoms with Gasteiger partial charge in [0.05, 0.1) is 17.9 Å². The summed E-state index contributed by atoms with van der Waals surface area (Å²) in [5, 5.41) is 10.7. The lowest BCUT2D eigenvalue weighted by atomic mass is 10.1. The summed E-state index contributed by atoms with van der Waals surface area (Å²) in [4.78, 5) is 31.2. The van der Waals surface area contributed by atoms with E-state index in [0.717, 1.165) is 10.1 Å². The molecule has 3 aromatic rings. The van der Waals surface area contributed by atoms with Crippen molar-refractivity contribution in [1.82, 2.24) is 9.55 Å². The number of aromatic hydroxyl groups is 1. The molecule has 0 aliphatic carbocycles. The molecule has 0 atom stereocenters. The van der Waals surface area contributed by atoms with Gasteiger partial charge in [0.1, 0.15) is 11.4 Å². The van der Waals surface area contributed by atoms with E-state index >= 15 is 0 Å². The Morgan fingerprint density at radius 1 is 1.11 bits per heavy atom. The number of nitrogens with zero attached hydrogens (tertiary/aromatic N) is 2. The Morgan fingerprint density at radius 3 is 2.41 bits per heavy atom. The Labute approximate surface area is 154 Å². The number of aliphatic imine (C=N–C) groups is 1. The molecule has 0 aliphatic rings. The fourth-order valence-electron chi connectivity index (χ4n) is 2.75. The van der Waals surface area contributed by atoms with E-state index < -0.39 is 17.1 Å². The highest BCUT2D eigenvalue weighted by Gasteiger charge is 2.19. The van der Waals surface area contributed by atoms with E-state index in [-0.39, 0.29) is 17.9 Å². The molecule has 0 saturated carbocycles. The molecule has 2 N–H and O–H groups in total. The second-order valence-electron chi connectivity index (χ2n) is 5.87. The SMILES string of the molecule is CCC(=NCc1ccc(F)cc1)c1c(O)n(-c2ccccc2)c(=O)[nH]c1=O. The van der Waals surface area contributed by atoms with Crippen molar-refractivity contribution < 1.29 is 9.50 Å². The maximum atomic E-state index is 13.0. The molecule has 3 rings (SSSR count). The fourth-order valence-corrected chi connectivity index (χ4v) is 2.75. The van der Waals surface area contributed by atoms with Gasteiger partial charge in [0.15, 0.2) is 0 Å². The minimum Gasteiger partial charge on any atom is -0.493 e. The number of H-pyrrole nitrogens is 1. The number of aromatic nitrogens is 2. The summed E-state index contributed by atoms with van der Waals surface area (Å²) in [6.45, 7) is 2.01. The van der Waals surface area contributed by atoms with Crippen LogP contribution in [-0.2, 0) is 6.54 Å². The summed E-state index contributed by atoms with van der Waals surface area (Å²) in [6.07, 6.45) is 0.366. The minimum absolute atomic E-state index is 0.0527. The Balaban J connectivity index is 2.08. The molecule has 1 aromatic heterocycles. The van der Waals surface area contributed by atoms with Gasteiger partial charge in [-0.05, 0) is 36.2 Å². The summed E-state index contributed by atoms with van der Waals surface area (Å²) in [5.41, 5.74) is 0.0396. The summed E-state index contributed by atoms with van der Waals surface area (Å²) in [7, 11) is 0. The van der Waals surface area contributed by atoms with Gasteiger partial charge >= 0.3 is 5.69 Å². The van der Waals surface area contributed by atoms with Gasteiger partial charge in [-0.15, -0.1) is 0 Å². The van der Waals surface area contributed by atoms with Crippen LogP contribution in [0.3, 0.4) is 0 Å². The summed E-state index contributed by atoms with van der Waals surface area (Å²) in [5.74, 6) is -0.808. The van der Waals surface area contributed by atoms with E-state index in [1.54, 1.807) is 49.4 Å². The van der Waals surface area contributed by atoms with Crippen LogP contribution >= 0.6 is 0 Å². The van der Waals surface area contributed by atoms with E-state index in [2.05, 4.69) is 9.98 Å². The number of aromatic amines is 1. The average Bonchev–Trinajstić information content (AvgIpc) is 2.66. The van der Waals surface area contributed by atoms with Gasteiger partial charge in [-0.1, -0.05) is 37.3 Å². The van der Waals surface area contributed by atoms with Crippen molar-refractivity contribution in [2.75, 3.05) is 0 Å². The molecular formula is C20H18FN3O3. The van der Waals surface area contributed by atoms with Crippen LogP contribution < -0.4 is 11.2 Å². The Kier molecular flexibility index (Phi) is 5.30. The standard InChI is InChI=1S/C20H18FN3O3/c1-2-16(22-12-13-8-10-14(21)11-9-13)17-18(25)23-20(27)24(19(17)26)15-6-4-3-5-7-15/h3-11,26H,2,12H2,1H3,(H,23,25,27). The maximum Gasteiger partial charge on any atom is 0.335 e. The normalized spacial score (nSPS) is 11.6. The van der Waals surface area contributed by atoms with Gasteiger partial charge in [-0.2, -0.15) is 0 Å². The third-order valence-corrected chi connectivity index (χ3v) is 4.09. The number of hydrogen-bond acceptors (Lipinski definition) is 4. The lowest BCUT2D eigenvalue weighted by Gasteiger charge is -2.12. The van der Waals surface area contributed by atoms with Crippen LogP contribution in [0.1, 0.15) is 24.5 Å². The van der Waals surface area contributed by atoms with E-state index in [0.29, 0.717) is 17.8 Å². The maximum absolute atomic E-state index is 13.0. The van der Waals surface area contributed by atoms with Crippen LogP contribution in [0.15, 0.2) is 69.2 Å². The van der Waals surface area contributed by atoms with Gasteiger partial charge in [-0.3, -0.25) is 14.8 Å². The van der Waals surface area contributed by atoms with Crippen molar-refractivity contribution in [2.45, 2.75) is 19.9 Å². The van der Waals surface area contributed by atoms with Crippen molar-refractivity contribution in [3.63, 3.8) is 0 Å². The van der Waals surface area contributed by atoms with Crippen LogP contribution in [0.5, 0.6) is 5.88 Å². The molecule has 2 aromatic carbocycles. The quantitative estimate of drug-likeness (QED) is 0.680. The highest BCUT2D eigenvalue weighted by atomic mass is 19.1. The van der Waals surface area contributed by atoms with Crippen LogP contribution in [0.4, 0.5) is 4.39 Å².